The number of amides is 5. The van der Waals surface area contributed by atoms with Crippen LogP contribution in [0.15, 0.2) is 42.5 Å². The Morgan fingerprint density at radius 2 is 1.71 bits per heavy atom. The molecule has 0 spiro atoms. The Morgan fingerprint density at radius 3 is 2.42 bits per heavy atom. The number of rotatable bonds is 5. The van der Waals surface area contributed by atoms with Crippen LogP contribution >= 0.6 is 0 Å². The molecule has 2 fully saturated rings. The first kappa shape index (κ1) is 27.1. The molecule has 1 unspecified atom stereocenters. The molecule has 4 rings (SSSR count). The number of hydrogen-bond donors (Lipinski definition) is 2. The first-order chi connectivity index (χ1) is 18.1. The van der Waals surface area contributed by atoms with Crippen molar-refractivity contribution in [3.05, 3.63) is 42.5 Å². The molecule has 38 heavy (non-hydrogen) atoms. The minimum Gasteiger partial charge on any atom is -0.343 e. The van der Waals surface area contributed by atoms with E-state index in [1.54, 1.807) is 11.8 Å². The van der Waals surface area contributed by atoms with Gasteiger partial charge in [0.15, 0.2) is 0 Å². The van der Waals surface area contributed by atoms with E-state index in [-0.39, 0.29) is 17.7 Å². The van der Waals surface area contributed by atoms with Crippen LogP contribution in [0.1, 0.15) is 46.5 Å². The van der Waals surface area contributed by atoms with Crippen molar-refractivity contribution < 1.29 is 24.0 Å². The van der Waals surface area contributed by atoms with E-state index in [1.807, 2.05) is 42.5 Å². The Bertz CT molecular complexity index is 1260. The second-order valence-corrected chi connectivity index (χ2v) is 10.1. The minimum absolute atomic E-state index is 0.165. The molecule has 10 heteroatoms. The van der Waals surface area contributed by atoms with Gasteiger partial charge < -0.3 is 25.3 Å². The summed E-state index contributed by atoms with van der Waals surface area (Å²) in [4.78, 5) is 69.1. The monoisotopic (exact) mass is 521 g/mol. The van der Waals surface area contributed by atoms with Gasteiger partial charge in [-0.15, -0.1) is 0 Å². The average Bonchev–Trinajstić information content (AvgIpc) is 3.32. The molecule has 0 aliphatic carbocycles. The molecule has 2 aliphatic rings. The average molecular weight is 522 g/mol. The van der Waals surface area contributed by atoms with Gasteiger partial charge in [0, 0.05) is 38.5 Å². The molecule has 2 aliphatic heterocycles. The summed E-state index contributed by atoms with van der Waals surface area (Å²) in [5.41, 5.74) is 0.644. The number of carbonyl (C=O) groups is 5. The highest BCUT2D eigenvalue weighted by molar-refractivity contribution is 6.05. The zero-order chi connectivity index (χ0) is 27.6. The number of fused-ring (bicyclic) bond motifs is 2. The Hall–Kier alpha value is -3.95. The highest BCUT2D eigenvalue weighted by Crippen LogP contribution is 2.32. The van der Waals surface area contributed by atoms with Crippen molar-refractivity contribution in [3.63, 3.8) is 0 Å². The van der Waals surface area contributed by atoms with Crippen molar-refractivity contribution in [2.75, 3.05) is 18.9 Å². The van der Waals surface area contributed by atoms with Gasteiger partial charge in [0.05, 0.1) is 0 Å². The topological polar surface area (TPSA) is 119 Å². The third kappa shape index (κ3) is 5.34. The van der Waals surface area contributed by atoms with Crippen molar-refractivity contribution in [2.45, 2.75) is 70.7 Å². The van der Waals surface area contributed by atoms with E-state index in [9.17, 15) is 24.0 Å². The van der Waals surface area contributed by atoms with Crippen LogP contribution in [-0.2, 0) is 24.0 Å². The number of carbonyl (C=O) groups excluding carboxylic acids is 5. The second-order valence-electron chi connectivity index (χ2n) is 10.1. The summed E-state index contributed by atoms with van der Waals surface area (Å²) in [5.74, 6) is -1.61. The van der Waals surface area contributed by atoms with Gasteiger partial charge in [-0.1, -0.05) is 36.4 Å². The maximum Gasteiger partial charge on any atom is 0.247 e. The molecule has 0 bridgehead atoms. The van der Waals surface area contributed by atoms with Crippen LogP contribution in [0, 0.1) is 0 Å². The van der Waals surface area contributed by atoms with Crippen LogP contribution in [0.5, 0.6) is 0 Å². The zero-order valence-corrected chi connectivity index (χ0v) is 22.3. The number of nitrogens with one attached hydrogen (secondary N) is 2. The zero-order valence-electron chi connectivity index (χ0n) is 22.3. The maximum absolute atomic E-state index is 13.9. The van der Waals surface area contributed by atoms with Gasteiger partial charge in [0.25, 0.3) is 0 Å². The lowest BCUT2D eigenvalue weighted by Crippen LogP contribution is -2.61. The van der Waals surface area contributed by atoms with Crippen molar-refractivity contribution in [1.82, 2.24) is 20.0 Å². The van der Waals surface area contributed by atoms with Crippen LogP contribution in [-0.4, -0.2) is 82.1 Å². The Labute approximate surface area is 222 Å². The minimum atomic E-state index is -0.868. The summed E-state index contributed by atoms with van der Waals surface area (Å²) in [6.07, 6.45) is 1.11. The predicted molar refractivity (Wildman–Crippen MR) is 143 cm³/mol. The van der Waals surface area contributed by atoms with Crippen LogP contribution in [0.25, 0.3) is 10.8 Å². The Morgan fingerprint density at radius 1 is 1.00 bits per heavy atom. The molecule has 202 valence electrons. The van der Waals surface area contributed by atoms with Gasteiger partial charge in [-0.2, -0.15) is 0 Å². The first-order valence-electron chi connectivity index (χ1n) is 13.0. The third-order valence-electron chi connectivity index (χ3n) is 7.69. The quantitative estimate of drug-likeness (QED) is 0.625. The number of hydrogen-bond acceptors (Lipinski definition) is 5. The second kappa shape index (κ2) is 11.2. The van der Waals surface area contributed by atoms with Gasteiger partial charge >= 0.3 is 0 Å². The molecule has 5 amide bonds. The molecule has 0 aromatic heterocycles. The van der Waals surface area contributed by atoms with Crippen molar-refractivity contribution >= 4 is 46.0 Å². The molecule has 2 aromatic rings. The largest absolute Gasteiger partial charge is 0.343 e. The van der Waals surface area contributed by atoms with Crippen LogP contribution in [0.4, 0.5) is 5.69 Å². The van der Waals surface area contributed by atoms with E-state index in [2.05, 4.69) is 10.6 Å². The SMILES string of the molecule is CC(=O)N(C)[C@@H](C)C(=O)N[C@H]1CCCN(C(C)=O)[C@H]2CCC(C(=O)Nc3cccc4ccccc34)N2C1=O. The van der Waals surface area contributed by atoms with Crippen LogP contribution in [0.2, 0.25) is 0 Å². The number of anilines is 1. The highest BCUT2D eigenvalue weighted by atomic mass is 16.2. The summed E-state index contributed by atoms with van der Waals surface area (Å²) in [6.45, 7) is 4.85. The van der Waals surface area contributed by atoms with E-state index in [1.165, 1.54) is 30.7 Å². The lowest BCUT2D eigenvalue weighted by molar-refractivity contribution is -0.152. The van der Waals surface area contributed by atoms with Crippen molar-refractivity contribution in [1.29, 1.82) is 0 Å². The summed E-state index contributed by atoms with van der Waals surface area (Å²) in [6, 6.07) is 10.9. The first-order valence-corrected chi connectivity index (χ1v) is 13.0. The van der Waals surface area contributed by atoms with Crippen molar-refractivity contribution in [2.24, 2.45) is 0 Å². The normalized spacial score (nSPS) is 22.2. The Kier molecular flexibility index (Phi) is 7.99. The van der Waals surface area contributed by atoms with E-state index >= 15 is 0 Å². The fourth-order valence-corrected chi connectivity index (χ4v) is 5.37. The molecule has 2 saturated heterocycles. The molecule has 10 nitrogen and oxygen atoms in total. The smallest absolute Gasteiger partial charge is 0.247 e. The molecule has 2 heterocycles. The number of benzene rings is 2. The molecule has 2 aromatic carbocycles. The van der Waals surface area contributed by atoms with Crippen LogP contribution < -0.4 is 10.6 Å². The maximum atomic E-state index is 13.9. The third-order valence-corrected chi connectivity index (χ3v) is 7.69. The lowest BCUT2D eigenvalue weighted by atomic mass is 10.1. The number of nitrogens with zero attached hydrogens (tertiary/aromatic N) is 3. The summed E-state index contributed by atoms with van der Waals surface area (Å²) in [7, 11) is 1.53. The fraction of sp³-hybridized carbons (Fsp3) is 0.464. The lowest BCUT2D eigenvalue weighted by Gasteiger charge is -2.41. The number of likely N-dealkylation sites (N-methyl/N-ethyl adjacent to an activating group) is 1. The predicted octanol–water partition coefficient (Wildman–Crippen LogP) is 2.09. The van der Waals surface area contributed by atoms with E-state index in [0.717, 1.165) is 10.8 Å². The summed E-state index contributed by atoms with van der Waals surface area (Å²) in [5, 5.41) is 7.66. The fourth-order valence-electron chi connectivity index (χ4n) is 5.37. The van der Waals surface area contributed by atoms with Gasteiger partial charge in [0.1, 0.15) is 24.3 Å². The van der Waals surface area contributed by atoms with Crippen LogP contribution in [0.3, 0.4) is 0 Å². The molecular weight excluding hydrogens is 486 g/mol. The molecular formula is C28H35N5O5. The molecule has 0 radical (unpaired) electrons. The van der Waals surface area contributed by atoms with Gasteiger partial charge in [-0.3, -0.25) is 24.0 Å². The standard InChI is InChI=1S/C28H35N5O5/c1-17(31(4)18(2)34)26(36)30-23-13-8-16-32(19(3)35)25-15-14-24(33(25)28(23)38)27(37)29-22-12-7-10-20-9-5-6-11-21(20)22/h5-7,9-12,17,23-25H,8,13-16H2,1-4H3,(H,29,37)(H,30,36)/t17-,23-,24?,25+/m0/s1. The van der Waals surface area contributed by atoms with Gasteiger partial charge in [-0.25, -0.2) is 0 Å². The van der Waals surface area contributed by atoms with Gasteiger partial charge in [0.2, 0.25) is 29.5 Å². The highest BCUT2D eigenvalue weighted by Gasteiger charge is 2.47. The van der Waals surface area contributed by atoms with Crippen molar-refractivity contribution in [3.8, 4) is 0 Å². The summed E-state index contributed by atoms with van der Waals surface area (Å²) >= 11 is 0. The Balaban J connectivity index is 1.60. The van der Waals surface area contributed by atoms with E-state index < -0.39 is 36.1 Å². The molecule has 0 saturated carbocycles. The summed E-state index contributed by atoms with van der Waals surface area (Å²) < 4.78 is 0. The molecule has 4 atom stereocenters. The van der Waals surface area contributed by atoms with E-state index in [4.69, 9.17) is 0 Å². The van der Waals surface area contributed by atoms with Gasteiger partial charge in [-0.05, 0) is 44.1 Å². The molecule has 2 N–H and O–H groups in total. The van der Waals surface area contributed by atoms with E-state index in [0.29, 0.717) is 37.9 Å².